The Morgan fingerprint density at radius 2 is 0.538 bits per heavy atom. The van der Waals surface area contributed by atoms with Crippen LogP contribution < -0.4 is 0 Å². The summed E-state index contributed by atoms with van der Waals surface area (Å²) < 4.78 is 0. The standard InChI is InChI=1S/Ho.3NO3/c;3*2-1(3)4/q+3;3*-1. The molecule has 0 saturated carbocycles. The Balaban J connectivity index is -0.0000000450. The van der Waals surface area contributed by atoms with Crippen molar-refractivity contribution >= 4 is 0 Å². The van der Waals surface area contributed by atoms with Gasteiger partial charge in [-0.2, -0.15) is 0 Å². The number of rotatable bonds is 0. The molecule has 0 atom stereocenters. The van der Waals surface area contributed by atoms with E-state index in [1.165, 1.54) is 0 Å². The van der Waals surface area contributed by atoms with Crippen molar-refractivity contribution in [3.05, 3.63) is 46.0 Å². The van der Waals surface area contributed by atoms with E-state index in [0.29, 0.717) is 0 Å². The van der Waals surface area contributed by atoms with Crippen LogP contribution in [-0.2, 0) is 0 Å². The third-order valence-corrected chi connectivity index (χ3v) is 0. The van der Waals surface area contributed by atoms with Gasteiger partial charge in [0.05, 0.1) is 15.3 Å². The van der Waals surface area contributed by atoms with Crippen LogP contribution in [-0.4, -0.2) is 15.3 Å². The Morgan fingerprint density at radius 3 is 0.538 bits per heavy atom. The first-order valence-corrected chi connectivity index (χ1v) is 1.64. The summed E-state index contributed by atoms with van der Waals surface area (Å²) in [6.45, 7) is 0. The summed E-state index contributed by atoms with van der Waals surface area (Å²) in [6.07, 6.45) is 0. The van der Waals surface area contributed by atoms with Gasteiger partial charge in [0.15, 0.2) is 0 Å². The molecule has 0 aliphatic carbocycles. The zero-order valence-electron chi connectivity index (χ0n) is 5.32. The second-order valence-electron chi connectivity index (χ2n) is 0.671. The van der Waals surface area contributed by atoms with Gasteiger partial charge in [-0.05, 0) is 0 Å². The monoisotopic (exact) mass is 351 g/mol. The van der Waals surface area contributed by atoms with Crippen molar-refractivity contribution in [2.75, 3.05) is 0 Å². The van der Waals surface area contributed by atoms with E-state index in [9.17, 15) is 0 Å². The van der Waals surface area contributed by atoms with Crippen molar-refractivity contribution < 1.29 is 53.0 Å². The van der Waals surface area contributed by atoms with Crippen LogP contribution in [0.2, 0.25) is 0 Å². The second kappa shape index (κ2) is 17.1. The molecule has 0 aliphatic rings. The van der Waals surface area contributed by atoms with E-state index in [1.54, 1.807) is 0 Å². The smallest absolute Gasteiger partial charge is 0.356 e. The van der Waals surface area contributed by atoms with Gasteiger partial charge >= 0.3 is 37.7 Å². The first-order valence-electron chi connectivity index (χ1n) is 1.64. The quantitative estimate of drug-likeness (QED) is 0.307. The van der Waals surface area contributed by atoms with Gasteiger partial charge in [-0.3, -0.25) is 0 Å². The molecule has 0 spiro atoms. The van der Waals surface area contributed by atoms with Gasteiger partial charge in [0.1, 0.15) is 0 Å². The summed E-state index contributed by atoms with van der Waals surface area (Å²) in [5, 5.41) is 44.2. The molecule has 0 amide bonds. The van der Waals surface area contributed by atoms with Crippen molar-refractivity contribution in [2.45, 2.75) is 0 Å². The summed E-state index contributed by atoms with van der Waals surface area (Å²) >= 11 is 0. The predicted molar refractivity (Wildman–Crippen MR) is 31.1 cm³/mol. The third kappa shape index (κ3) is 656. The molecule has 0 heterocycles. The van der Waals surface area contributed by atoms with Crippen molar-refractivity contribution in [1.82, 2.24) is 0 Å². The molecule has 80 valence electrons. The van der Waals surface area contributed by atoms with E-state index in [2.05, 4.69) is 0 Å². The molecule has 0 bridgehead atoms. The number of hydrogen-bond acceptors (Lipinski definition) is 9. The molecule has 0 aromatic heterocycles. The molecule has 0 N–H and O–H groups in total. The molecule has 0 rings (SSSR count). The molecule has 0 fully saturated rings. The summed E-state index contributed by atoms with van der Waals surface area (Å²) in [7, 11) is 0. The van der Waals surface area contributed by atoms with Gasteiger partial charge in [-0.15, -0.1) is 0 Å². The fraction of sp³-hybridized carbons (Fsp3) is 0. The van der Waals surface area contributed by atoms with Gasteiger partial charge in [0.25, 0.3) is 0 Å². The van der Waals surface area contributed by atoms with E-state index < -0.39 is 15.3 Å². The average Bonchev–Trinajstić information content (AvgIpc) is 1.54. The first kappa shape index (κ1) is 22.6. The van der Waals surface area contributed by atoms with E-state index in [0.717, 1.165) is 0 Å². The van der Waals surface area contributed by atoms with Gasteiger partial charge in [-0.1, -0.05) is 0 Å². The van der Waals surface area contributed by atoms with Gasteiger partial charge < -0.3 is 46.0 Å². The molecule has 0 aromatic rings. The molecule has 12 nitrogen and oxygen atoms in total. The fourth-order valence-corrected chi connectivity index (χ4v) is 0. The molecule has 13 heavy (non-hydrogen) atoms. The fourth-order valence-electron chi connectivity index (χ4n) is 0. The largest absolute Gasteiger partial charge is 3.00 e. The van der Waals surface area contributed by atoms with Gasteiger partial charge in [0.2, 0.25) is 0 Å². The van der Waals surface area contributed by atoms with E-state index in [-0.39, 0.29) is 37.7 Å². The van der Waals surface area contributed by atoms with Crippen LogP contribution in [0.1, 0.15) is 0 Å². The van der Waals surface area contributed by atoms with Crippen molar-refractivity contribution in [1.29, 1.82) is 0 Å². The average molecular weight is 351 g/mol. The minimum absolute atomic E-state index is 0. The Bertz CT molecular complexity index is 112. The Hall–Kier alpha value is -1.14. The van der Waals surface area contributed by atoms with Gasteiger partial charge in [0, 0.05) is 0 Å². The zero-order chi connectivity index (χ0) is 10.7. The number of hydrogen-bond donors (Lipinski definition) is 0. The molecule has 0 radical (unpaired) electrons. The third-order valence-electron chi connectivity index (χ3n) is 0. The van der Waals surface area contributed by atoms with Crippen LogP contribution in [0.25, 0.3) is 0 Å². The second-order valence-corrected chi connectivity index (χ2v) is 0.671. The molecule has 0 unspecified atom stereocenters. The first-order chi connectivity index (χ1) is 5.20. The van der Waals surface area contributed by atoms with Crippen LogP contribution >= 0.6 is 0 Å². The summed E-state index contributed by atoms with van der Waals surface area (Å²) in [6, 6.07) is 0. The molecule has 0 aromatic carbocycles. The number of nitrogens with zero attached hydrogens (tertiary/aromatic N) is 3. The summed E-state index contributed by atoms with van der Waals surface area (Å²) in [5.74, 6) is 0. The maximum atomic E-state index is 8.25. The zero-order valence-corrected chi connectivity index (χ0v) is 7.25. The molecule has 0 saturated heterocycles. The Morgan fingerprint density at radius 1 is 0.538 bits per heavy atom. The SMILES string of the molecule is O=[N+]([O-])[O-].O=[N+]([O-])[O-].O=[N+]([O-])[O-].[Ho+3]. The summed E-state index contributed by atoms with van der Waals surface area (Å²) in [4.78, 5) is 24.8. The molecule has 0 aliphatic heterocycles. The Kier molecular flexibility index (Phi) is 29.8. The predicted octanol–water partition coefficient (Wildman–Crippen LogP) is -0.717. The molecule has 13 heteroatoms. The van der Waals surface area contributed by atoms with Crippen LogP contribution in [0.5, 0.6) is 0 Å². The molecular formula is HoN3O9. The van der Waals surface area contributed by atoms with Crippen LogP contribution in [0, 0.1) is 83.7 Å². The maximum Gasteiger partial charge on any atom is 3.00 e. The van der Waals surface area contributed by atoms with E-state index >= 15 is 0 Å². The van der Waals surface area contributed by atoms with E-state index in [1.807, 2.05) is 0 Å². The maximum absolute atomic E-state index is 8.25. The van der Waals surface area contributed by atoms with Crippen LogP contribution in [0.15, 0.2) is 0 Å². The normalized spacial score (nSPS) is 5.54. The summed E-state index contributed by atoms with van der Waals surface area (Å²) in [5.41, 5.74) is 0. The van der Waals surface area contributed by atoms with Crippen molar-refractivity contribution in [3.63, 3.8) is 0 Å². The molecular weight excluding hydrogens is 351 g/mol. The minimum Gasteiger partial charge on any atom is -0.356 e. The minimum atomic E-state index is -1.75. The Labute approximate surface area is 98.7 Å². The van der Waals surface area contributed by atoms with E-state index in [4.69, 9.17) is 46.0 Å². The van der Waals surface area contributed by atoms with Crippen molar-refractivity contribution in [2.24, 2.45) is 0 Å². The van der Waals surface area contributed by atoms with Gasteiger partial charge in [-0.25, -0.2) is 0 Å². The topological polar surface area (TPSA) is 199 Å². The van der Waals surface area contributed by atoms with Crippen LogP contribution in [0.3, 0.4) is 0 Å². The van der Waals surface area contributed by atoms with Crippen LogP contribution in [0.4, 0.5) is 0 Å². The van der Waals surface area contributed by atoms with Crippen molar-refractivity contribution in [3.8, 4) is 0 Å².